The molecule has 22 heavy (non-hydrogen) atoms. The number of hydrogen-bond donors (Lipinski definition) is 2. The molecule has 1 aromatic heterocycles. The molecule has 0 saturated heterocycles. The minimum Gasteiger partial charge on any atom is -0.308 e. The van der Waals surface area contributed by atoms with E-state index in [2.05, 4.69) is 27.0 Å². The van der Waals surface area contributed by atoms with Gasteiger partial charge in [-0.2, -0.15) is 0 Å². The zero-order valence-corrected chi connectivity index (χ0v) is 12.3. The molecule has 0 atom stereocenters. The van der Waals surface area contributed by atoms with Crippen LogP contribution in [0.1, 0.15) is 19.8 Å². The zero-order valence-electron chi connectivity index (χ0n) is 12.3. The van der Waals surface area contributed by atoms with E-state index in [0.29, 0.717) is 0 Å². The molecule has 1 heterocycles. The van der Waals surface area contributed by atoms with E-state index in [1.54, 1.807) is 17.1 Å². The van der Waals surface area contributed by atoms with Crippen molar-refractivity contribution in [1.82, 2.24) is 20.3 Å². The van der Waals surface area contributed by atoms with Gasteiger partial charge in [-0.25, -0.2) is 9.48 Å². The summed E-state index contributed by atoms with van der Waals surface area (Å²) in [5.74, 6) is 0. The molecular weight excluding hydrogens is 278 g/mol. The normalized spacial score (nSPS) is 14.0. The molecule has 6 heteroatoms. The molecule has 0 fully saturated rings. The van der Waals surface area contributed by atoms with Gasteiger partial charge in [0.25, 0.3) is 0 Å². The van der Waals surface area contributed by atoms with E-state index in [0.717, 1.165) is 29.9 Å². The minimum atomic E-state index is -0.241. The van der Waals surface area contributed by atoms with Crippen LogP contribution in [0.25, 0.3) is 5.69 Å². The monoisotopic (exact) mass is 295 g/mol. The second-order valence-electron chi connectivity index (χ2n) is 5.11. The van der Waals surface area contributed by atoms with Crippen LogP contribution >= 0.6 is 0 Å². The summed E-state index contributed by atoms with van der Waals surface area (Å²) in [7, 11) is 0. The van der Waals surface area contributed by atoms with Crippen molar-refractivity contribution in [3.63, 3.8) is 0 Å². The number of nitrogens with one attached hydrogen (secondary N) is 2. The maximum absolute atomic E-state index is 12.0. The van der Waals surface area contributed by atoms with Gasteiger partial charge in [-0.1, -0.05) is 11.3 Å². The molecule has 3 rings (SSSR count). The van der Waals surface area contributed by atoms with Crippen molar-refractivity contribution in [3.05, 3.63) is 60.1 Å². The highest BCUT2D eigenvalue weighted by atomic mass is 16.2. The zero-order chi connectivity index (χ0) is 15.4. The highest BCUT2D eigenvalue weighted by Gasteiger charge is 2.08. The van der Waals surface area contributed by atoms with Crippen LogP contribution in [0.2, 0.25) is 0 Å². The van der Waals surface area contributed by atoms with Gasteiger partial charge in [-0.15, -0.1) is 5.10 Å². The third kappa shape index (κ3) is 3.22. The van der Waals surface area contributed by atoms with E-state index in [9.17, 15) is 4.79 Å². The molecule has 0 bridgehead atoms. The van der Waals surface area contributed by atoms with Gasteiger partial charge in [0.1, 0.15) is 0 Å². The van der Waals surface area contributed by atoms with E-state index in [1.165, 1.54) is 5.57 Å². The average molecular weight is 295 g/mol. The SMILES string of the molecule is CC1=C(NC(=O)Nc2ccc(-n3ccnn3)cc2)C=CCC1. The van der Waals surface area contributed by atoms with Gasteiger partial charge >= 0.3 is 6.03 Å². The number of urea groups is 1. The van der Waals surface area contributed by atoms with Crippen molar-refractivity contribution in [2.45, 2.75) is 19.8 Å². The largest absolute Gasteiger partial charge is 0.323 e. The second-order valence-corrected chi connectivity index (χ2v) is 5.11. The van der Waals surface area contributed by atoms with Crippen LogP contribution in [-0.4, -0.2) is 21.0 Å². The van der Waals surface area contributed by atoms with Gasteiger partial charge in [0.15, 0.2) is 0 Å². The maximum atomic E-state index is 12.0. The molecule has 0 radical (unpaired) electrons. The minimum absolute atomic E-state index is 0.241. The van der Waals surface area contributed by atoms with Crippen molar-refractivity contribution in [3.8, 4) is 5.69 Å². The van der Waals surface area contributed by atoms with E-state index in [4.69, 9.17) is 0 Å². The lowest BCUT2D eigenvalue weighted by Gasteiger charge is -2.14. The Morgan fingerprint density at radius 3 is 2.73 bits per heavy atom. The fraction of sp³-hybridized carbons (Fsp3) is 0.188. The summed E-state index contributed by atoms with van der Waals surface area (Å²) in [6.45, 7) is 2.03. The van der Waals surface area contributed by atoms with Crippen LogP contribution in [0.3, 0.4) is 0 Å². The summed E-state index contributed by atoms with van der Waals surface area (Å²) < 4.78 is 1.66. The molecule has 2 amide bonds. The lowest BCUT2D eigenvalue weighted by Crippen LogP contribution is -2.28. The molecule has 1 aliphatic rings. The molecular formula is C16H17N5O. The number of aromatic nitrogens is 3. The number of carbonyl (C=O) groups is 1. The van der Waals surface area contributed by atoms with Gasteiger partial charge in [0, 0.05) is 11.4 Å². The smallest absolute Gasteiger partial charge is 0.308 e. The Morgan fingerprint density at radius 1 is 1.23 bits per heavy atom. The Morgan fingerprint density at radius 2 is 2.05 bits per heavy atom. The molecule has 6 nitrogen and oxygen atoms in total. The molecule has 0 unspecified atom stereocenters. The molecule has 1 aliphatic carbocycles. The van der Waals surface area contributed by atoms with E-state index in [1.807, 2.05) is 37.3 Å². The molecule has 2 N–H and O–H groups in total. The Balaban J connectivity index is 1.63. The first-order valence-corrected chi connectivity index (χ1v) is 7.13. The van der Waals surface area contributed by atoms with Gasteiger partial charge in [0.05, 0.1) is 18.1 Å². The Hall–Kier alpha value is -2.89. The van der Waals surface area contributed by atoms with E-state index >= 15 is 0 Å². The number of amides is 2. The van der Waals surface area contributed by atoms with Crippen molar-refractivity contribution in [2.24, 2.45) is 0 Å². The summed E-state index contributed by atoms with van der Waals surface area (Å²) in [5.41, 5.74) is 3.68. The van der Waals surface area contributed by atoms with Crippen LogP contribution in [-0.2, 0) is 0 Å². The lowest BCUT2D eigenvalue weighted by atomic mass is 10.0. The highest BCUT2D eigenvalue weighted by Crippen LogP contribution is 2.16. The van der Waals surface area contributed by atoms with E-state index in [-0.39, 0.29) is 6.03 Å². The Kier molecular flexibility index (Phi) is 4.00. The standard InChI is InChI=1S/C16H17N5O/c1-12-4-2-3-5-15(12)19-16(22)18-13-6-8-14(9-7-13)21-11-10-17-20-21/h3,5-11H,2,4H2,1H3,(H2,18,19,22). The Labute approximate surface area is 128 Å². The highest BCUT2D eigenvalue weighted by molar-refractivity contribution is 5.90. The summed E-state index contributed by atoms with van der Waals surface area (Å²) in [6.07, 6.45) is 9.41. The first kappa shape index (κ1) is 14.1. The number of carbonyl (C=O) groups excluding carboxylic acids is 1. The summed E-state index contributed by atoms with van der Waals surface area (Å²) in [4.78, 5) is 12.0. The fourth-order valence-electron chi connectivity index (χ4n) is 2.25. The van der Waals surface area contributed by atoms with Gasteiger partial charge in [-0.3, -0.25) is 0 Å². The average Bonchev–Trinajstić information content (AvgIpc) is 3.05. The summed E-state index contributed by atoms with van der Waals surface area (Å²) >= 11 is 0. The van der Waals surface area contributed by atoms with Crippen LogP contribution in [0.15, 0.2) is 60.1 Å². The quantitative estimate of drug-likeness (QED) is 0.914. The van der Waals surface area contributed by atoms with Crippen molar-refractivity contribution < 1.29 is 4.79 Å². The molecule has 0 spiro atoms. The maximum Gasteiger partial charge on any atom is 0.323 e. The predicted octanol–water partition coefficient (Wildman–Crippen LogP) is 3.01. The summed E-state index contributed by atoms with van der Waals surface area (Å²) in [6, 6.07) is 7.16. The number of benzene rings is 1. The first-order chi connectivity index (χ1) is 10.7. The first-order valence-electron chi connectivity index (χ1n) is 7.13. The molecule has 112 valence electrons. The van der Waals surface area contributed by atoms with Crippen molar-refractivity contribution >= 4 is 11.7 Å². The van der Waals surface area contributed by atoms with Crippen molar-refractivity contribution in [2.75, 3.05) is 5.32 Å². The van der Waals surface area contributed by atoms with Gasteiger partial charge < -0.3 is 10.6 Å². The summed E-state index contributed by atoms with van der Waals surface area (Å²) in [5, 5.41) is 13.4. The number of rotatable bonds is 3. The van der Waals surface area contributed by atoms with Crippen LogP contribution in [0.4, 0.5) is 10.5 Å². The van der Waals surface area contributed by atoms with Crippen LogP contribution in [0.5, 0.6) is 0 Å². The fourth-order valence-corrected chi connectivity index (χ4v) is 2.25. The number of anilines is 1. The third-order valence-electron chi connectivity index (χ3n) is 3.49. The van der Waals surface area contributed by atoms with Crippen LogP contribution in [0, 0.1) is 0 Å². The van der Waals surface area contributed by atoms with Gasteiger partial charge in [-0.05, 0) is 55.7 Å². The van der Waals surface area contributed by atoms with Crippen LogP contribution < -0.4 is 10.6 Å². The lowest BCUT2D eigenvalue weighted by molar-refractivity contribution is 0.254. The van der Waals surface area contributed by atoms with Crippen molar-refractivity contribution in [1.29, 1.82) is 0 Å². The van der Waals surface area contributed by atoms with Gasteiger partial charge in [0.2, 0.25) is 0 Å². The Bertz CT molecular complexity index is 714. The third-order valence-corrected chi connectivity index (χ3v) is 3.49. The van der Waals surface area contributed by atoms with E-state index < -0.39 is 0 Å². The topological polar surface area (TPSA) is 71.8 Å². The predicted molar refractivity (Wildman–Crippen MR) is 84.6 cm³/mol. The molecule has 1 aromatic carbocycles. The second kappa shape index (κ2) is 6.26. The molecule has 2 aromatic rings. The number of allylic oxidation sites excluding steroid dienone is 3. The molecule has 0 saturated carbocycles. The molecule has 0 aliphatic heterocycles. The number of nitrogens with zero attached hydrogens (tertiary/aromatic N) is 3. The number of hydrogen-bond acceptors (Lipinski definition) is 3.